The van der Waals surface area contributed by atoms with Gasteiger partial charge in [0.25, 0.3) is 0 Å². The molecule has 3 rings (SSSR count). The fraction of sp³-hybridized carbons (Fsp3) is 0.481. The van der Waals surface area contributed by atoms with Gasteiger partial charge in [-0.15, -0.1) is 0 Å². The van der Waals surface area contributed by atoms with Gasteiger partial charge in [0.1, 0.15) is 12.6 Å². The summed E-state index contributed by atoms with van der Waals surface area (Å²) in [4.78, 5) is 28.5. The maximum atomic E-state index is 13.9. The number of anilines is 1. The lowest BCUT2D eigenvalue weighted by Crippen LogP contribution is -2.53. The average molecular weight is 584 g/mol. The van der Waals surface area contributed by atoms with E-state index in [4.69, 9.17) is 23.2 Å². The van der Waals surface area contributed by atoms with Crippen LogP contribution in [0.1, 0.15) is 49.3 Å². The number of carbonyl (C=O) groups is 2. The number of aryl methyl sites for hydroxylation is 2. The highest BCUT2D eigenvalue weighted by Gasteiger charge is 2.34. The van der Waals surface area contributed by atoms with Crippen molar-refractivity contribution < 1.29 is 18.0 Å². The van der Waals surface area contributed by atoms with Crippen molar-refractivity contribution in [3.8, 4) is 0 Å². The van der Waals surface area contributed by atoms with Crippen molar-refractivity contribution in [1.82, 2.24) is 14.5 Å². The Labute approximate surface area is 236 Å². The Morgan fingerprint density at radius 1 is 1.05 bits per heavy atom. The number of nitrogens with zero attached hydrogens (tertiary/aromatic N) is 3. The normalized spacial score (nSPS) is 14.9. The van der Waals surface area contributed by atoms with Crippen LogP contribution in [-0.2, 0) is 26.3 Å². The van der Waals surface area contributed by atoms with Gasteiger partial charge in [0, 0.05) is 42.3 Å². The third kappa shape index (κ3) is 7.00. The maximum absolute atomic E-state index is 13.9. The molecule has 11 heteroatoms. The molecule has 2 aromatic rings. The number of hydrogen-bond acceptors (Lipinski definition) is 4. The van der Waals surface area contributed by atoms with Crippen LogP contribution in [0.2, 0.25) is 10.0 Å². The van der Waals surface area contributed by atoms with Crippen molar-refractivity contribution in [2.75, 3.05) is 24.9 Å². The standard InChI is InChI=1S/C27H36Cl2N4O4S/c1-18-13-14-19(2)25(15-18)33(38(36,37)31(4)5)17-26(34)32(16-22-23(28)11-8-12-24(22)29)20(3)27(35)30-21-9-6-7-10-21/h8,11-15,20-21H,6-7,9-10,16-17H2,1-5H3,(H,30,35). The summed E-state index contributed by atoms with van der Waals surface area (Å²) < 4.78 is 29.0. The number of rotatable bonds is 10. The highest BCUT2D eigenvalue weighted by Crippen LogP contribution is 2.29. The summed E-state index contributed by atoms with van der Waals surface area (Å²) in [7, 11) is -1.22. The molecule has 0 spiro atoms. The molecule has 1 aliphatic rings. The number of halogens is 2. The molecule has 8 nitrogen and oxygen atoms in total. The van der Waals surface area contributed by atoms with Gasteiger partial charge in [-0.05, 0) is 62.9 Å². The third-order valence-corrected chi connectivity index (χ3v) is 9.43. The van der Waals surface area contributed by atoms with E-state index in [0.29, 0.717) is 26.9 Å². The van der Waals surface area contributed by atoms with Crippen molar-refractivity contribution >= 4 is 50.9 Å². The summed E-state index contributed by atoms with van der Waals surface area (Å²) in [6, 6.07) is 9.61. The molecule has 0 saturated heterocycles. The molecule has 0 radical (unpaired) electrons. The van der Waals surface area contributed by atoms with Crippen molar-refractivity contribution in [2.24, 2.45) is 0 Å². The first-order valence-electron chi connectivity index (χ1n) is 12.6. The first-order valence-corrected chi connectivity index (χ1v) is 14.8. The van der Waals surface area contributed by atoms with Gasteiger partial charge in [-0.2, -0.15) is 12.7 Å². The second-order valence-corrected chi connectivity index (χ2v) is 12.9. The lowest BCUT2D eigenvalue weighted by molar-refractivity contribution is -0.139. The monoisotopic (exact) mass is 582 g/mol. The quantitative estimate of drug-likeness (QED) is 0.439. The van der Waals surface area contributed by atoms with Gasteiger partial charge in [0.2, 0.25) is 11.8 Å². The minimum Gasteiger partial charge on any atom is -0.352 e. The molecule has 38 heavy (non-hydrogen) atoms. The number of carbonyl (C=O) groups excluding carboxylic acids is 2. The molecule has 1 fully saturated rings. The molecule has 0 heterocycles. The van der Waals surface area contributed by atoms with E-state index in [-0.39, 0.29) is 18.5 Å². The second-order valence-electron chi connectivity index (χ2n) is 9.97. The van der Waals surface area contributed by atoms with Gasteiger partial charge in [-0.3, -0.25) is 9.59 Å². The zero-order valence-corrected chi connectivity index (χ0v) is 24.8. The van der Waals surface area contributed by atoms with Crippen LogP contribution < -0.4 is 9.62 Å². The summed E-state index contributed by atoms with van der Waals surface area (Å²) in [6.45, 7) is 4.71. The van der Waals surface area contributed by atoms with E-state index in [9.17, 15) is 18.0 Å². The van der Waals surface area contributed by atoms with Gasteiger partial charge >= 0.3 is 10.2 Å². The summed E-state index contributed by atoms with van der Waals surface area (Å²) in [5.41, 5.74) is 2.42. The molecule has 1 N–H and O–H groups in total. The minimum atomic E-state index is -4.05. The Hall–Kier alpha value is -2.33. The summed E-state index contributed by atoms with van der Waals surface area (Å²) in [5, 5.41) is 3.75. The topological polar surface area (TPSA) is 90.0 Å². The molecular formula is C27H36Cl2N4O4S. The molecular weight excluding hydrogens is 547 g/mol. The van der Waals surface area contributed by atoms with Gasteiger partial charge in [-0.25, -0.2) is 4.31 Å². The van der Waals surface area contributed by atoms with Crippen molar-refractivity contribution in [2.45, 2.75) is 65.1 Å². The highest BCUT2D eigenvalue weighted by atomic mass is 35.5. The largest absolute Gasteiger partial charge is 0.352 e. The molecule has 208 valence electrons. The predicted octanol–water partition coefficient (Wildman–Crippen LogP) is 4.70. The van der Waals surface area contributed by atoms with Crippen molar-refractivity contribution in [3.63, 3.8) is 0 Å². The minimum absolute atomic E-state index is 0.0563. The van der Waals surface area contributed by atoms with Crippen molar-refractivity contribution in [3.05, 3.63) is 63.1 Å². The molecule has 2 aromatic carbocycles. The van der Waals surface area contributed by atoms with E-state index in [1.54, 1.807) is 38.1 Å². The Kier molecular flexibility index (Phi) is 10.1. The molecule has 0 bridgehead atoms. The molecule has 0 aromatic heterocycles. The fourth-order valence-corrected chi connectivity index (χ4v) is 6.15. The molecule has 1 unspecified atom stereocenters. The van der Waals surface area contributed by atoms with Crippen LogP contribution >= 0.6 is 23.2 Å². The molecule has 2 amide bonds. The van der Waals surface area contributed by atoms with Crippen LogP contribution in [0.5, 0.6) is 0 Å². The summed E-state index contributed by atoms with van der Waals surface area (Å²) in [5.74, 6) is -0.858. The lowest BCUT2D eigenvalue weighted by Gasteiger charge is -2.34. The van der Waals surface area contributed by atoms with Gasteiger partial charge in [0.15, 0.2) is 0 Å². The zero-order chi connectivity index (χ0) is 28.2. The van der Waals surface area contributed by atoms with Crippen LogP contribution in [0.25, 0.3) is 0 Å². The molecule has 1 saturated carbocycles. The van der Waals surface area contributed by atoms with Gasteiger partial charge in [0.05, 0.1) is 5.69 Å². The van der Waals surface area contributed by atoms with E-state index < -0.39 is 28.7 Å². The average Bonchev–Trinajstić information content (AvgIpc) is 3.36. The third-order valence-electron chi connectivity index (χ3n) is 6.91. The highest BCUT2D eigenvalue weighted by molar-refractivity contribution is 7.90. The SMILES string of the molecule is Cc1ccc(C)c(N(CC(=O)N(Cc2c(Cl)cccc2Cl)C(C)C(=O)NC2CCCC2)S(=O)(=O)N(C)C)c1. The van der Waals surface area contributed by atoms with Crippen LogP contribution in [0, 0.1) is 13.8 Å². The molecule has 1 aliphatic carbocycles. The number of benzene rings is 2. The van der Waals surface area contributed by atoms with E-state index in [1.165, 1.54) is 19.0 Å². The Balaban J connectivity index is 2.01. The lowest BCUT2D eigenvalue weighted by atomic mass is 10.1. The molecule has 0 aliphatic heterocycles. The Bertz CT molecular complexity index is 1260. The molecule has 1 atom stereocenters. The van der Waals surface area contributed by atoms with E-state index >= 15 is 0 Å². The first kappa shape index (κ1) is 30.2. The predicted molar refractivity (Wildman–Crippen MR) is 153 cm³/mol. The zero-order valence-electron chi connectivity index (χ0n) is 22.5. The van der Waals surface area contributed by atoms with Gasteiger partial charge < -0.3 is 10.2 Å². The van der Waals surface area contributed by atoms with E-state index in [0.717, 1.165) is 39.9 Å². The summed E-state index contributed by atoms with van der Waals surface area (Å²) >= 11 is 12.8. The second kappa shape index (κ2) is 12.7. The van der Waals surface area contributed by atoms with Crippen LogP contribution in [-0.4, -0.2) is 62.2 Å². The van der Waals surface area contributed by atoms with E-state index in [1.807, 2.05) is 19.1 Å². The number of hydrogen-bond donors (Lipinski definition) is 1. The van der Waals surface area contributed by atoms with Crippen LogP contribution in [0.4, 0.5) is 5.69 Å². The number of nitrogens with one attached hydrogen (secondary N) is 1. The van der Waals surface area contributed by atoms with Crippen LogP contribution in [0.15, 0.2) is 36.4 Å². The maximum Gasteiger partial charge on any atom is 0.304 e. The van der Waals surface area contributed by atoms with Gasteiger partial charge in [-0.1, -0.05) is 54.2 Å². The fourth-order valence-electron chi connectivity index (χ4n) is 4.52. The van der Waals surface area contributed by atoms with Crippen molar-refractivity contribution in [1.29, 1.82) is 0 Å². The summed E-state index contributed by atoms with van der Waals surface area (Å²) in [6.07, 6.45) is 3.88. The van der Waals surface area contributed by atoms with E-state index in [2.05, 4.69) is 5.32 Å². The Morgan fingerprint density at radius 3 is 2.24 bits per heavy atom. The first-order chi connectivity index (χ1) is 17.8. The Morgan fingerprint density at radius 2 is 1.66 bits per heavy atom. The van der Waals surface area contributed by atoms with Crippen LogP contribution in [0.3, 0.4) is 0 Å². The smallest absolute Gasteiger partial charge is 0.304 e. The number of amides is 2.